The second kappa shape index (κ2) is 6.19. The first-order valence-electron chi connectivity index (χ1n) is 8.84. The highest BCUT2D eigenvalue weighted by Crippen LogP contribution is 2.38. The molecule has 2 nitrogen and oxygen atoms in total. The summed E-state index contributed by atoms with van der Waals surface area (Å²) in [4.78, 5) is 12.8. The average molecular weight is 305 g/mol. The number of carbonyl (C=O) groups excluding carboxylic acids is 1. The summed E-state index contributed by atoms with van der Waals surface area (Å²) in [6.07, 6.45) is 8.22. The number of fused-ring (bicyclic) bond motifs is 3. The summed E-state index contributed by atoms with van der Waals surface area (Å²) in [5.74, 6) is 0.113. The zero-order chi connectivity index (χ0) is 15.6. The van der Waals surface area contributed by atoms with Crippen LogP contribution in [0.25, 0.3) is 11.1 Å². The van der Waals surface area contributed by atoms with Crippen molar-refractivity contribution in [3.8, 4) is 11.1 Å². The Kier molecular flexibility index (Phi) is 3.90. The first-order valence-corrected chi connectivity index (χ1v) is 8.84. The van der Waals surface area contributed by atoms with Crippen LogP contribution in [0.3, 0.4) is 0 Å². The summed E-state index contributed by atoms with van der Waals surface area (Å²) in [6, 6.07) is 15.0. The van der Waals surface area contributed by atoms with E-state index < -0.39 is 0 Å². The van der Waals surface area contributed by atoms with E-state index in [0.717, 1.165) is 24.8 Å². The first kappa shape index (κ1) is 14.5. The Morgan fingerprint density at radius 2 is 1.61 bits per heavy atom. The lowest BCUT2D eigenvalue weighted by Crippen LogP contribution is -2.34. The maximum Gasteiger partial charge on any atom is 0.251 e. The highest BCUT2D eigenvalue weighted by Gasteiger charge is 2.24. The van der Waals surface area contributed by atoms with Gasteiger partial charge in [0, 0.05) is 11.6 Å². The Labute approximate surface area is 137 Å². The molecule has 2 heteroatoms. The molecule has 2 aromatic rings. The molecule has 2 aromatic carbocycles. The number of benzene rings is 2. The maximum atomic E-state index is 12.8. The lowest BCUT2D eigenvalue weighted by Gasteiger charge is -2.17. The summed E-state index contributed by atoms with van der Waals surface area (Å²) < 4.78 is 0. The molecule has 4 rings (SSSR count). The molecule has 1 fully saturated rings. The van der Waals surface area contributed by atoms with Gasteiger partial charge in [-0.1, -0.05) is 62.1 Å². The number of nitrogens with one attached hydrogen (secondary N) is 1. The highest BCUT2D eigenvalue weighted by atomic mass is 16.1. The van der Waals surface area contributed by atoms with E-state index in [2.05, 4.69) is 35.6 Å². The normalized spacial score (nSPS) is 17.2. The van der Waals surface area contributed by atoms with Crippen LogP contribution in [0.4, 0.5) is 0 Å². The van der Waals surface area contributed by atoms with Crippen molar-refractivity contribution in [3.05, 3.63) is 59.2 Å². The molecule has 2 aliphatic carbocycles. The van der Waals surface area contributed by atoms with Crippen LogP contribution in [0.15, 0.2) is 42.5 Å². The van der Waals surface area contributed by atoms with Crippen LogP contribution in [0.5, 0.6) is 0 Å². The van der Waals surface area contributed by atoms with Crippen LogP contribution in [0.1, 0.15) is 60.0 Å². The smallest absolute Gasteiger partial charge is 0.251 e. The van der Waals surface area contributed by atoms with Crippen LogP contribution >= 0.6 is 0 Å². The zero-order valence-electron chi connectivity index (χ0n) is 13.5. The van der Waals surface area contributed by atoms with Crippen LogP contribution in [0, 0.1) is 0 Å². The van der Waals surface area contributed by atoms with Gasteiger partial charge in [-0.25, -0.2) is 0 Å². The number of hydrogen-bond donors (Lipinski definition) is 1. The Bertz CT molecular complexity index is 726. The molecular formula is C21H23NO. The molecule has 0 heterocycles. The SMILES string of the molecule is O=C(NC1CCCCCC1)c1cccc2c1Cc1ccccc1-2. The fraction of sp³-hybridized carbons (Fsp3) is 0.381. The van der Waals surface area contributed by atoms with Gasteiger partial charge >= 0.3 is 0 Å². The van der Waals surface area contributed by atoms with Crippen molar-refractivity contribution in [2.24, 2.45) is 0 Å². The van der Waals surface area contributed by atoms with E-state index in [-0.39, 0.29) is 5.91 Å². The predicted octanol–water partition coefficient (Wildman–Crippen LogP) is 4.71. The van der Waals surface area contributed by atoms with E-state index in [1.54, 1.807) is 0 Å². The van der Waals surface area contributed by atoms with Gasteiger partial charge in [0.1, 0.15) is 0 Å². The van der Waals surface area contributed by atoms with E-state index in [1.807, 2.05) is 12.1 Å². The van der Waals surface area contributed by atoms with Gasteiger partial charge < -0.3 is 5.32 Å². The third-order valence-electron chi connectivity index (χ3n) is 5.29. The van der Waals surface area contributed by atoms with E-state index in [9.17, 15) is 4.79 Å². The summed E-state index contributed by atoms with van der Waals surface area (Å²) in [7, 11) is 0. The van der Waals surface area contributed by atoms with Gasteiger partial charge in [0.05, 0.1) is 0 Å². The van der Waals surface area contributed by atoms with Crippen molar-refractivity contribution >= 4 is 5.91 Å². The van der Waals surface area contributed by atoms with E-state index in [0.29, 0.717) is 6.04 Å². The van der Waals surface area contributed by atoms with E-state index in [4.69, 9.17) is 0 Å². The Morgan fingerprint density at radius 3 is 2.43 bits per heavy atom. The van der Waals surface area contributed by atoms with Gasteiger partial charge in [0.25, 0.3) is 5.91 Å². The summed E-state index contributed by atoms with van der Waals surface area (Å²) >= 11 is 0. The van der Waals surface area contributed by atoms with Gasteiger partial charge in [-0.05, 0) is 47.6 Å². The van der Waals surface area contributed by atoms with E-state index >= 15 is 0 Å². The van der Waals surface area contributed by atoms with Crippen molar-refractivity contribution in [1.82, 2.24) is 5.32 Å². The molecule has 0 unspecified atom stereocenters. The third kappa shape index (κ3) is 2.78. The van der Waals surface area contributed by atoms with Crippen LogP contribution in [-0.2, 0) is 6.42 Å². The molecule has 0 atom stereocenters. The number of rotatable bonds is 2. The van der Waals surface area contributed by atoms with Crippen LogP contribution < -0.4 is 5.32 Å². The highest BCUT2D eigenvalue weighted by molar-refractivity contribution is 5.99. The Morgan fingerprint density at radius 1 is 0.870 bits per heavy atom. The minimum Gasteiger partial charge on any atom is -0.349 e. The molecule has 1 saturated carbocycles. The minimum atomic E-state index is 0.113. The van der Waals surface area contributed by atoms with Crippen molar-refractivity contribution in [1.29, 1.82) is 0 Å². The first-order chi connectivity index (χ1) is 11.3. The molecule has 1 amide bonds. The van der Waals surface area contributed by atoms with Gasteiger partial charge in [-0.3, -0.25) is 4.79 Å². The van der Waals surface area contributed by atoms with Gasteiger partial charge in [0.2, 0.25) is 0 Å². The summed E-state index contributed by atoms with van der Waals surface area (Å²) in [5, 5.41) is 3.29. The fourth-order valence-corrected chi connectivity index (χ4v) is 4.06. The predicted molar refractivity (Wildman–Crippen MR) is 93.6 cm³/mol. The summed E-state index contributed by atoms with van der Waals surface area (Å²) in [6.45, 7) is 0. The molecule has 0 radical (unpaired) electrons. The summed E-state index contributed by atoms with van der Waals surface area (Å²) in [5.41, 5.74) is 5.90. The zero-order valence-corrected chi connectivity index (χ0v) is 13.5. The molecule has 23 heavy (non-hydrogen) atoms. The van der Waals surface area contributed by atoms with Crippen molar-refractivity contribution in [2.75, 3.05) is 0 Å². The van der Waals surface area contributed by atoms with Crippen LogP contribution in [-0.4, -0.2) is 11.9 Å². The third-order valence-corrected chi connectivity index (χ3v) is 5.29. The molecule has 1 N–H and O–H groups in total. The molecule has 118 valence electrons. The standard InChI is InChI=1S/C21H23NO/c23-21(22-16-9-3-1-2-4-10-16)19-13-7-12-18-17-11-6-5-8-15(17)14-20(18)19/h5-8,11-13,16H,1-4,9-10,14H2,(H,22,23). The molecule has 2 aliphatic rings. The Hall–Kier alpha value is -2.09. The minimum absolute atomic E-state index is 0.113. The second-order valence-electron chi connectivity index (χ2n) is 6.83. The van der Waals surface area contributed by atoms with Crippen molar-refractivity contribution < 1.29 is 4.79 Å². The molecule has 0 saturated heterocycles. The van der Waals surface area contributed by atoms with Gasteiger partial charge in [0.15, 0.2) is 0 Å². The lowest BCUT2D eigenvalue weighted by atomic mass is 10.00. The monoisotopic (exact) mass is 305 g/mol. The number of carbonyl (C=O) groups is 1. The number of hydrogen-bond acceptors (Lipinski definition) is 1. The van der Waals surface area contributed by atoms with Crippen molar-refractivity contribution in [3.63, 3.8) is 0 Å². The average Bonchev–Trinajstić information content (AvgIpc) is 2.76. The molecule has 0 aliphatic heterocycles. The van der Waals surface area contributed by atoms with Crippen molar-refractivity contribution in [2.45, 2.75) is 51.0 Å². The van der Waals surface area contributed by atoms with E-state index in [1.165, 1.54) is 47.9 Å². The molecular weight excluding hydrogens is 282 g/mol. The maximum absolute atomic E-state index is 12.8. The molecule has 0 spiro atoms. The lowest BCUT2D eigenvalue weighted by molar-refractivity contribution is 0.0932. The van der Waals surface area contributed by atoms with Crippen LogP contribution in [0.2, 0.25) is 0 Å². The van der Waals surface area contributed by atoms with Gasteiger partial charge in [-0.2, -0.15) is 0 Å². The fourth-order valence-electron chi connectivity index (χ4n) is 4.06. The topological polar surface area (TPSA) is 29.1 Å². The molecule has 0 bridgehead atoms. The van der Waals surface area contributed by atoms with Gasteiger partial charge in [-0.15, -0.1) is 0 Å². The molecule has 0 aromatic heterocycles. The number of amides is 1. The quantitative estimate of drug-likeness (QED) is 0.683. The largest absolute Gasteiger partial charge is 0.349 e. The second-order valence-corrected chi connectivity index (χ2v) is 6.83. The Balaban J connectivity index is 1.59.